The van der Waals surface area contributed by atoms with Crippen LogP contribution in [0.3, 0.4) is 0 Å². The van der Waals surface area contributed by atoms with Gasteiger partial charge in [-0.05, 0) is 63.2 Å². The number of piperazine rings is 1. The molecule has 214 valence electrons. The first-order valence-electron chi connectivity index (χ1n) is 14.9. The summed E-state index contributed by atoms with van der Waals surface area (Å²) in [5.41, 5.74) is 2.94. The van der Waals surface area contributed by atoms with Crippen LogP contribution >= 0.6 is 0 Å². The van der Waals surface area contributed by atoms with E-state index in [9.17, 15) is 9.90 Å². The second-order valence-corrected chi connectivity index (χ2v) is 11.9. The van der Waals surface area contributed by atoms with Crippen molar-refractivity contribution in [3.05, 3.63) is 60.3 Å². The predicted molar refractivity (Wildman–Crippen MR) is 160 cm³/mol. The monoisotopic (exact) mass is 554 g/mol. The van der Waals surface area contributed by atoms with E-state index in [2.05, 4.69) is 34.4 Å². The number of anilines is 2. The van der Waals surface area contributed by atoms with Crippen molar-refractivity contribution in [1.29, 1.82) is 0 Å². The Hall–Kier alpha value is -3.85. The molecular weight excluding hydrogens is 516 g/mol. The zero-order chi connectivity index (χ0) is 28.1. The highest BCUT2D eigenvalue weighted by Gasteiger charge is 2.55. The lowest BCUT2D eigenvalue weighted by Gasteiger charge is -2.38. The van der Waals surface area contributed by atoms with Gasteiger partial charge in [0.25, 0.3) is 0 Å². The Morgan fingerprint density at radius 2 is 1.88 bits per heavy atom. The minimum atomic E-state index is -0.207. The van der Waals surface area contributed by atoms with Gasteiger partial charge in [-0.2, -0.15) is 9.97 Å². The number of carbonyl (C=O) groups excluding carboxylic acids is 1. The molecule has 41 heavy (non-hydrogen) atoms. The molecule has 3 aromatic rings. The number of benzene rings is 2. The van der Waals surface area contributed by atoms with E-state index in [1.807, 2.05) is 35.2 Å². The molecule has 2 saturated heterocycles. The number of aromatic nitrogens is 2. The molecule has 1 unspecified atom stereocenters. The fourth-order valence-corrected chi connectivity index (χ4v) is 7.09. The number of likely N-dealkylation sites (tertiary alicyclic amines) is 1. The summed E-state index contributed by atoms with van der Waals surface area (Å²) in [5.74, 6) is 1.18. The van der Waals surface area contributed by atoms with Gasteiger partial charge in [-0.1, -0.05) is 30.8 Å². The number of nitrogens with zero attached hydrogens (tertiary/aromatic N) is 6. The molecule has 1 atom stereocenters. The van der Waals surface area contributed by atoms with Crippen LogP contribution in [0.15, 0.2) is 49.1 Å². The van der Waals surface area contributed by atoms with E-state index in [4.69, 9.17) is 14.7 Å². The maximum atomic E-state index is 12.2. The number of rotatable bonds is 6. The summed E-state index contributed by atoms with van der Waals surface area (Å²) < 4.78 is 6.75. The largest absolute Gasteiger partial charge is 0.508 e. The first-order valence-corrected chi connectivity index (χ1v) is 14.9. The van der Waals surface area contributed by atoms with Gasteiger partial charge in [0.05, 0.1) is 12.2 Å². The fraction of sp³-hybridized carbons (Fsp3) is 0.469. The van der Waals surface area contributed by atoms with Crippen LogP contribution in [0.4, 0.5) is 11.5 Å². The third-order valence-electron chi connectivity index (χ3n) is 9.42. The molecular formula is C32H38N6O3. The van der Waals surface area contributed by atoms with Crippen molar-refractivity contribution in [3.8, 4) is 11.8 Å². The number of amides is 1. The van der Waals surface area contributed by atoms with Crippen LogP contribution in [-0.4, -0.2) is 88.7 Å². The molecule has 3 aliphatic heterocycles. The summed E-state index contributed by atoms with van der Waals surface area (Å²) in [5, 5.41) is 12.6. The van der Waals surface area contributed by atoms with E-state index in [-0.39, 0.29) is 17.3 Å². The van der Waals surface area contributed by atoms with Gasteiger partial charge in [0.1, 0.15) is 17.2 Å². The highest BCUT2D eigenvalue weighted by molar-refractivity contribution is 5.95. The highest BCUT2D eigenvalue weighted by Crippen LogP contribution is 2.48. The van der Waals surface area contributed by atoms with Gasteiger partial charge >= 0.3 is 6.01 Å². The number of phenols is 1. The summed E-state index contributed by atoms with van der Waals surface area (Å²) in [7, 11) is 2.20. The van der Waals surface area contributed by atoms with E-state index < -0.39 is 0 Å². The number of carbonyl (C=O) groups is 1. The Morgan fingerprint density at radius 3 is 2.61 bits per heavy atom. The Bertz CT molecular complexity index is 1500. The maximum absolute atomic E-state index is 12.2. The summed E-state index contributed by atoms with van der Waals surface area (Å²) in [6.07, 6.45) is 6.58. The molecule has 0 bridgehead atoms. The number of hydrogen-bond donors (Lipinski definition) is 1. The Kier molecular flexibility index (Phi) is 6.49. The van der Waals surface area contributed by atoms with Gasteiger partial charge < -0.3 is 24.5 Å². The van der Waals surface area contributed by atoms with Crippen LogP contribution in [-0.2, 0) is 17.8 Å². The summed E-state index contributed by atoms with van der Waals surface area (Å²) in [6, 6.07) is 12.7. The van der Waals surface area contributed by atoms with Gasteiger partial charge in [0, 0.05) is 61.5 Å². The van der Waals surface area contributed by atoms with E-state index in [1.165, 1.54) is 12.5 Å². The fourth-order valence-electron chi connectivity index (χ4n) is 7.09. The van der Waals surface area contributed by atoms with Crippen molar-refractivity contribution < 1.29 is 14.6 Å². The van der Waals surface area contributed by atoms with Crippen molar-refractivity contribution in [3.63, 3.8) is 0 Å². The van der Waals surface area contributed by atoms with Crippen LogP contribution < -0.4 is 14.5 Å². The van der Waals surface area contributed by atoms with Crippen molar-refractivity contribution >= 4 is 28.2 Å². The van der Waals surface area contributed by atoms with Crippen LogP contribution in [0.1, 0.15) is 36.9 Å². The lowest BCUT2D eigenvalue weighted by molar-refractivity contribution is -0.126. The Balaban J connectivity index is 1.23. The SMILES string of the molecule is C=CC(=O)N1CCN(c2nc(OC3(C4CCCN4C)CC3)nc3c2CCN(c2cc(O)cc4ccccc24)C3)CC1. The molecule has 2 aromatic carbocycles. The number of phenolic OH excluding ortho intramolecular Hbond substituents is 1. The maximum Gasteiger partial charge on any atom is 0.319 e. The number of fused-ring (bicyclic) bond motifs is 2. The Labute approximate surface area is 241 Å². The van der Waals surface area contributed by atoms with E-state index in [0.29, 0.717) is 44.8 Å². The first-order chi connectivity index (χ1) is 19.9. The van der Waals surface area contributed by atoms with Gasteiger partial charge in [-0.3, -0.25) is 9.69 Å². The van der Waals surface area contributed by atoms with Crippen LogP contribution in [0.5, 0.6) is 11.8 Å². The lowest BCUT2D eigenvalue weighted by atomic mass is 10.0. The molecule has 4 aliphatic rings. The smallest absolute Gasteiger partial charge is 0.319 e. The first kappa shape index (κ1) is 26.1. The number of ether oxygens (including phenoxy) is 1. The summed E-state index contributed by atoms with van der Waals surface area (Å²) in [4.78, 5) is 31.2. The topological polar surface area (TPSA) is 85.3 Å². The Morgan fingerprint density at radius 1 is 1.07 bits per heavy atom. The van der Waals surface area contributed by atoms with Crippen LogP contribution in [0.25, 0.3) is 10.8 Å². The highest BCUT2D eigenvalue weighted by atomic mass is 16.5. The molecule has 0 radical (unpaired) electrons. The molecule has 7 rings (SSSR count). The second-order valence-electron chi connectivity index (χ2n) is 11.9. The van der Waals surface area contributed by atoms with E-state index in [0.717, 1.165) is 72.3 Å². The van der Waals surface area contributed by atoms with Crippen molar-refractivity contribution in [2.75, 3.05) is 56.1 Å². The molecule has 1 aliphatic carbocycles. The van der Waals surface area contributed by atoms with Crippen molar-refractivity contribution in [2.45, 2.75) is 50.3 Å². The van der Waals surface area contributed by atoms with Gasteiger partial charge in [-0.15, -0.1) is 0 Å². The summed E-state index contributed by atoms with van der Waals surface area (Å²) in [6.45, 7) is 8.85. The van der Waals surface area contributed by atoms with E-state index >= 15 is 0 Å². The quantitative estimate of drug-likeness (QED) is 0.462. The second kappa shape index (κ2) is 10.2. The molecule has 9 heteroatoms. The minimum absolute atomic E-state index is 0.0243. The van der Waals surface area contributed by atoms with Crippen LogP contribution in [0.2, 0.25) is 0 Å². The average molecular weight is 555 g/mol. The van der Waals surface area contributed by atoms with Crippen molar-refractivity contribution in [1.82, 2.24) is 19.8 Å². The minimum Gasteiger partial charge on any atom is -0.508 e. The predicted octanol–water partition coefficient (Wildman–Crippen LogP) is 3.74. The third-order valence-corrected chi connectivity index (χ3v) is 9.42. The number of likely N-dealkylation sites (N-methyl/N-ethyl adjacent to an activating group) is 1. The molecule has 1 saturated carbocycles. The zero-order valence-electron chi connectivity index (χ0n) is 23.8. The normalized spacial score (nSPS) is 22.1. The third kappa shape index (κ3) is 4.76. The average Bonchev–Trinajstić information content (AvgIpc) is 3.63. The van der Waals surface area contributed by atoms with Gasteiger partial charge in [0.15, 0.2) is 0 Å². The van der Waals surface area contributed by atoms with E-state index in [1.54, 1.807) is 0 Å². The number of hydrogen-bond acceptors (Lipinski definition) is 8. The molecule has 1 amide bonds. The molecule has 0 spiro atoms. The standard InChI is InChI=1S/C32H38N6O3/c1-3-29(40)36-15-17-37(18-16-36)30-25-10-14-38(27-20-23(39)19-22-7-4-5-8-24(22)27)21-26(25)33-31(34-30)41-32(11-12-32)28-9-6-13-35(28)2/h3-5,7-8,19-20,28,39H,1,6,9-18,21H2,2H3. The molecule has 9 nitrogen and oxygen atoms in total. The van der Waals surface area contributed by atoms with Gasteiger partial charge in [0.2, 0.25) is 5.91 Å². The zero-order valence-corrected chi connectivity index (χ0v) is 23.8. The molecule has 3 fully saturated rings. The molecule has 1 N–H and O–H groups in total. The van der Waals surface area contributed by atoms with Gasteiger partial charge in [-0.25, -0.2) is 0 Å². The summed E-state index contributed by atoms with van der Waals surface area (Å²) >= 11 is 0. The molecule has 4 heterocycles. The molecule has 1 aromatic heterocycles. The van der Waals surface area contributed by atoms with Crippen LogP contribution in [0, 0.1) is 0 Å². The number of aromatic hydroxyl groups is 1. The lowest BCUT2D eigenvalue weighted by Crippen LogP contribution is -2.49. The van der Waals surface area contributed by atoms with Crippen molar-refractivity contribution in [2.24, 2.45) is 0 Å².